The fraction of sp³-hybridized carbons (Fsp3) is 0.143. The zero-order valence-electron chi connectivity index (χ0n) is 11.9. The summed E-state index contributed by atoms with van der Waals surface area (Å²) in [6, 6.07) is 9.54. The SMILES string of the molecule is CN1C=CN(c2[c-]c(N3C=CN(C)[CH-]3)ccc2)[CH-]1.[Cl][Pt]([Cl])[Cl]. The van der Waals surface area contributed by atoms with Crippen LogP contribution < -0.4 is 9.80 Å². The van der Waals surface area contributed by atoms with E-state index in [-0.39, 0.29) is 0 Å². The van der Waals surface area contributed by atoms with Crippen LogP contribution in [0.1, 0.15) is 0 Å². The Morgan fingerprint density at radius 2 is 1.27 bits per heavy atom. The van der Waals surface area contributed by atoms with Crippen LogP contribution in [0.2, 0.25) is 0 Å². The van der Waals surface area contributed by atoms with Crippen LogP contribution in [0.15, 0.2) is 43.0 Å². The Bertz CT molecular complexity index is 509. The fourth-order valence-electron chi connectivity index (χ4n) is 1.93. The number of benzene rings is 1. The topological polar surface area (TPSA) is 13.0 Å². The zero-order valence-corrected chi connectivity index (χ0v) is 16.5. The third-order valence-corrected chi connectivity index (χ3v) is 2.86. The molecule has 0 N–H and O–H groups in total. The second-order valence-corrected chi connectivity index (χ2v) is 14.4. The molecule has 0 spiro atoms. The van der Waals surface area contributed by atoms with Crippen molar-refractivity contribution in [3.05, 3.63) is 62.4 Å². The number of hydrogen-bond donors (Lipinski definition) is 0. The van der Waals surface area contributed by atoms with Crippen molar-refractivity contribution in [2.75, 3.05) is 23.9 Å². The van der Waals surface area contributed by atoms with Crippen LogP contribution in [-0.4, -0.2) is 23.9 Å². The minimum atomic E-state index is -1.85. The van der Waals surface area contributed by atoms with Gasteiger partial charge in [0.15, 0.2) is 0 Å². The summed E-state index contributed by atoms with van der Waals surface area (Å²) >= 11 is -1.85. The van der Waals surface area contributed by atoms with Crippen molar-refractivity contribution >= 4 is 39.6 Å². The van der Waals surface area contributed by atoms with E-state index < -0.39 is 14.2 Å². The van der Waals surface area contributed by atoms with Gasteiger partial charge in [-0.25, -0.2) is 0 Å². The van der Waals surface area contributed by atoms with Gasteiger partial charge in [-0.05, 0) is 38.9 Å². The van der Waals surface area contributed by atoms with E-state index in [0.717, 1.165) is 11.4 Å². The van der Waals surface area contributed by atoms with Crippen molar-refractivity contribution in [1.29, 1.82) is 0 Å². The molecular formula is C14H15Cl3N4Pt-3. The van der Waals surface area contributed by atoms with Gasteiger partial charge in [0.1, 0.15) is 0 Å². The minimum absolute atomic E-state index is 1.03. The molecule has 0 saturated carbocycles. The molecule has 1 aromatic carbocycles. The van der Waals surface area contributed by atoms with E-state index in [1.807, 2.05) is 90.0 Å². The van der Waals surface area contributed by atoms with Gasteiger partial charge >= 0.3 is 42.4 Å². The van der Waals surface area contributed by atoms with E-state index in [0.29, 0.717) is 0 Å². The number of rotatable bonds is 2. The Balaban J connectivity index is 0.000000396. The average molecular weight is 541 g/mol. The monoisotopic (exact) mass is 539 g/mol. The molecule has 4 nitrogen and oxygen atoms in total. The fourth-order valence-corrected chi connectivity index (χ4v) is 1.93. The van der Waals surface area contributed by atoms with Crippen molar-refractivity contribution < 1.29 is 14.2 Å². The van der Waals surface area contributed by atoms with E-state index in [9.17, 15) is 0 Å². The number of anilines is 2. The Morgan fingerprint density at radius 1 is 0.864 bits per heavy atom. The Kier molecular flexibility index (Phi) is 6.76. The predicted molar refractivity (Wildman–Crippen MR) is 90.2 cm³/mol. The zero-order chi connectivity index (χ0) is 16.1. The van der Waals surface area contributed by atoms with Gasteiger partial charge in [0.2, 0.25) is 0 Å². The van der Waals surface area contributed by atoms with Gasteiger partial charge in [-0.2, -0.15) is 19.4 Å². The van der Waals surface area contributed by atoms with Crippen molar-refractivity contribution in [3.8, 4) is 0 Å². The summed E-state index contributed by atoms with van der Waals surface area (Å²) in [5.41, 5.74) is 2.06. The van der Waals surface area contributed by atoms with E-state index in [1.165, 1.54) is 0 Å². The molecule has 2 aliphatic heterocycles. The number of hydrogen-bond acceptors (Lipinski definition) is 4. The maximum absolute atomic E-state index is 4.96. The summed E-state index contributed by atoms with van der Waals surface area (Å²) in [6.45, 7) is 4.04. The third-order valence-electron chi connectivity index (χ3n) is 2.86. The van der Waals surface area contributed by atoms with Gasteiger partial charge in [0, 0.05) is 0 Å². The Hall–Kier alpha value is -0.542. The summed E-state index contributed by atoms with van der Waals surface area (Å²) in [7, 11) is 18.9. The molecule has 125 valence electrons. The molecule has 0 radical (unpaired) electrons. The average Bonchev–Trinajstić information content (AvgIpc) is 3.07. The third kappa shape index (κ3) is 5.27. The van der Waals surface area contributed by atoms with Crippen LogP contribution in [0.5, 0.6) is 0 Å². The summed E-state index contributed by atoms with van der Waals surface area (Å²) in [5.74, 6) is 0. The normalized spacial score (nSPS) is 17.0. The quantitative estimate of drug-likeness (QED) is 0.521. The molecular weight excluding hydrogens is 526 g/mol. The predicted octanol–water partition coefficient (Wildman–Crippen LogP) is 4.24. The first-order chi connectivity index (χ1) is 10.5. The first-order valence-electron chi connectivity index (χ1n) is 6.18. The second kappa shape index (κ2) is 8.35. The Labute approximate surface area is 149 Å². The molecule has 1 aromatic rings. The van der Waals surface area contributed by atoms with Crippen LogP contribution in [-0.2, 0) is 14.2 Å². The van der Waals surface area contributed by atoms with Gasteiger partial charge in [-0.1, -0.05) is 0 Å². The number of nitrogens with zero attached hydrogens (tertiary/aromatic N) is 4. The molecule has 2 aliphatic rings. The molecule has 0 saturated heterocycles. The van der Waals surface area contributed by atoms with Crippen molar-refractivity contribution in [2.24, 2.45) is 0 Å². The van der Waals surface area contributed by atoms with Crippen LogP contribution >= 0.6 is 28.3 Å². The molecule has 0 fully saturated rings. The maximum atomic E-state index is 4.96. The summed E-state index contributed by atoms with van der Waals surface area (Å²) in [4.78, 5) is 8.12. The van der Waals surface area contributed by atoms with Gasteiger partial charge in [0.05, 0.1) is 0 Å². The van der Waals surface area contributed by atoms with Crippen LogP contribution in [0.4, 0.5) is 11.4 Å². The first kappa shape index (κ1) is 17.8. The van der Waals surface area contributed by atoms with Crippen molar-refractivity contribution in [2.45, 2.75) is 0 Å². The standard InChI is InChI=1S/C14H15N4.3ClH.Pt/c1-15-6-8-17(11-15)13-4-3-5-14(10-13)18-9-7-16(2)12-18;;;;/h3-9,11-12H,1-2H3;3*1H;/q-3;;;;+3/p-3. The van der Waals surface area contributed by atoms with Crippen molar-refractivity contribution in [3.63, 3.8) is 0 Å². The van der Waals surface area contributed by atoms with Gasteiger partial charge in [-0.15, -0.1) is 29.6 Å². The molecule has 8 heteroatoms. The second-order valence-electron chi connectivity index (χ2n) is 4.53. The van der Waals surface area contributed by atoms with Crippen molar-refractivity contribution in [1.82, 2.24) is 9.80 Å². The van der Waals surface area contributed by atoms with E-state index in [1.54, 1.807) is 0 Å². The van der Waals surface area contributed by atoms with Gasteiger partial charge < -0.3 is 19.6 Å². The molecule has 0 atom stereocenters. The molecule has 3 rings (SSSR count). The molecule has 0 bridgehead atoms. The van der Waals surface area contributed by atoms with Crippen LogP contribution in [0.3, 0.4) is 0 Å². The van der Waals surface area contributed by atoms with E-state index in [2.05, 4.69) is 6.07 Å². The Morgan fingerprint density at radius 3 is 1.59 bits per heavy atom. The summed E-state index contributed by atoms with van der Waals surface area (Å²) < 4.78 is 0. The first-order valence-corrected chi connectivity index (χ1v) is 14.6. The molecule has 2 heterocycles. The molecule has 0 aliphatic carbocycles. The van der Waals surface area contributed by atoms with Gasteiger partial charge in [-0.3, -0.25) is 0 Å². The molecule has 22 heavy (non-hydrogen) atoms. The van der Waals surface area contributed by atoms with E-state index in [4.69, 9.17) is 28.3 Å². The van der Waals surface area contributed by atoms with E-state index >= 15 is 0 Å². The molecule has 0 amide bonds. The number of halogens is 3. The van der Waals surface area contributed by atoms with Gasteiger partial charge in [0.25, 0.3) is 0 Å². The summed E-state index contributed by atoms with van der Waals surface area (Å²) in [5, 5.41) is 0. The summed E-state index contributed by atoms with van der Waals surface area (Å²) in [6.07, 6.45) is 8.06. The van der Waals surface area contributed by atoms with Crippen LogP contribution in [0.25, 0.3) is 0 Å². The van der Waals surface area contributed by atoms with Crippen LogP contribution in [0, 0.1) is 19.4 Å². The molecule has 0 unspecified atom stereocenters. The molecule has 0 aromatic heterocycles.